The summed E-state index contributed by atoms with van der Waals surface area (Å²) in [5.41, 5.74) is 1.05. The van der Waals surface area contributed by atoms with Gasteiger partial charge in [-0.2, -0.15) is 5.10 Å². The van der Waals surface area contributed by atoms with Gasteiger partial charge in [0.15, 0.2) is 10.6 Å². The second-order valence-electron chi connectivity index (χ2n) is 5.30. The van der Waals surface area contributed by atoms with Crippen LogP contribution in [0.5, 0.6) is 0 Å². The molecule has 0 aliphatic carbocycles. The number of aromatic nitrogens is 4. The predicted molar refractivity (Wildman–Crippen MR) is 87.0 cm³/mol. The van der Waals surface area contributed by atoms with E-state index in [1.54, 1.807) is 11.3 Å². The molecule has 0 amide bonds. The normalized spacial score (nSPS) is 11.8. The maximum Gasteiger partial charge on any atom is 0.195 e. The van der Waals surface area contributed by atoms with E-state index >= 15 is 0 Å². The Morgan fingerprint density at radius 3 is 2.50 bits per heavy atom. The third kappa shape index (κ3) is 2.72. The summed E-state index contributed by atoms with van der Waals surface area (Å²) in [5.74, 6) is 1.46. The van der Waals surface area contributed by atoms with Gasteiger partial charge in [-0.3, -0.25) is 9.67 Å². The summed E-state index contributed by atoms with van der Waals surface area (Å²) in [5, 5.41) is 8.53. The van der Waals surface area contributed by atoms with E-state index in [1.165, 1.54) is 5.01 Å². The summed E-state index contributed by atoms with van der Waals surface area (Å²) < 4.78 is 2.74. The Kier molecular flexibility index (Phi) is 4.75. The monoisotopic (exact) mass is 310 g/mol. The lowest BCUT2D eigenvalue weighted by molar-refractivity contribution is 0.597. The minimum Gasteiger partial charge on any atom is -0.297 e. The highest BCUT2D eigenvalue weighted by atomic mass is 32.1. The van der Waals surface area contributed by atoms with Crippen LogP contribution >= 0.6 is 23.6 Å². The molecule has 2 aromatic rings. The molecule has 2 rings (SSSR count). The van der Waals surface area contributed by atoms with E-state index < -0.39 is 0 Å². The third-order valence-electron chi connectivity index (χ3n) is 3.57. The van der Waals surface area contributed by atoms with Crippen LogP contribution in [-0.2, 0) is 0 Å². The molecule has 4 nitrogen and oxygen atoms in total. The fourth-order valence-electron chi connectivity index (χ4n) is 2.38. The largest absolute Gasteiger partial charge is 0.297 e. The number of H-pyrrole nitrogens is 1. The van der Waals surface area contributed by atoms with Crippen molar-refractivity contribution < 1.29 is 0 Å². The molecular formula is C14H22N4S2. The highest BCUT2D eigenvalue weighted by Crippen LogP contribution is 2.35. The van der Waals surface area contributed by atoms with Crippen molar-refractivity contribution >= 4 is 23.6 Å². The number of aromatic amines is 1. The minimum absolute atomic E-state index is 0.286. The Morgan fingerprint density at radius 2 is 1.95 bits per heavy atom. The van der Waals surface area contributed by atoms with Crippen molar-refractivity contribution in [3.63, 3.8) is 0 Å². The van der Waals surface area contributed by atoms with Crippen molar-refractivity contribution in [3.05, 3.63) is 15.5 Å². The van der Waals surface area contributed by atoms with Gasteiger partial charge in [-0.15, -0.1) is 11.3 Å². The fraction of sp³-hybridized carbons (Fsp3) is 0.643. The van der Waals surface area contributed by atoms with Gasteiger partial charge in [-0.1, -0.05) is 13.8 Å². The first-order valence-corrected chi connectivity index (χ1v) is 8.36. The van der Waals surface area contributed by atoms with Crippen LogP contribution in [0, 0.1) is 11.7 Å². The van der Waals surface area contributed by atoms with Gasteiger partial charge >= 0.3 is 0 Å². The molecule has 0 spiro atoms. The van der Waals surface area contributed by atoms with E-state index in [0.717, 1.165) is 29.2 Å². The summed E-state index contributed by atoms with van der Waals surface area (Å²) in [6.07, 6.45) is 2.25. The first-order valence-electron chi connectivity index (χ1n) is 7.14. The molecule has 0 bridgehead atoms. The number of aryl methyl sites for hydroxylation is 1. The highest BCUT2D eigenvalue weighted by molar-refractivity contribution is 7.71. The maximum atomic E-state index is 5.33. The summed E-state index contributed by atoms with van der Waals surface area (Å²) in [7, 11) is 0. The summed E-state index contributed by atoms with van der Waals surface area (Å²) in [4.78, 5) is 5.89. The first kappa shape index (κ1) is 15.4. The molecule has 2 heterocycles. The number of thiazole rings is 1. The van der Waals surface area contributed by atoms with Crippen LogP contribution in [0.4, 0.5) is 0 Å². The molecule has 2 aromatic heterocycles. The molecule has 0 saturated carbocycles. The number of hydrogen-bond acceptors (Lipinski definition) is 4. The van der Waals surface area contributed by atoms with Gasteiger partial charge in [0.1, 0.15) is 0 Å². The molecule has 110 valence electrons. The van der Waals surface area contributed by atoms with Crippen LogP contribution < -0.4 is 0 Å². The highest BCUT2D eigenvalue weighted by Gasteiger charge is 2.20. The molecule has 0 aliphatic heterocycles. The summed E-state index contributed by atoms with van der Waals surface area (Å²) >= 11 is 7.08. The zero-order chi connectivity index (χ0) is 14.9. The Morgan fingerprint density at radius 1 is 1.30 bits per heavy atom. The van der Waals surface area contributed by atoms with Crippen molar-refractivity contribution in [3.8, 4) is 10.7 Å². The van der Waals surface area contributed by atoms with E-state index in [4.69, 9.17) is 17.2 Å². The van der Waals surface area contributed by atoms with Crippen molar-refractivity contribution in [1.29, 1.82) is 0 Å². The number of rotatable bonds is 5. The van der Waals surface area contributed by atoms with Crippen molar-refractivity contribution in [2.45, 2.75) is 59.4 Å². The summed E-state index contributed by atoms with van der Waals surface area (Å²) in [6, 6.07) is 0.286. The molecule has 0 atom stereocenters. The van der Waals surface area contributed by atoms with Gasteiger partial charge in [-0.05, 0) is 45.8 Å². The van der Waals surface area contributed by atoms with Crippen LogP contribution in [0.15, 0.2) is 0 Å². The van der Waals surface area contributed by atoms with Gasteiger partial charge in [0.05, 0.1) is 15.6 Å². The van der Waals surface area contributed by atoms with E-state index in [-0.39, 0.29) is 6.04 Å². The zero-order valence-corrected chi connectivity index (χ0v) is 14.4. The molecule has 0 fully saturated rings. The van der Waals surface area contributed by atoms with Gasteiger partial charge in [-0.25, -0.2) is 4.98 Å². The van der Waals surface area contributed by atoms with E-state index in [0.29, 0.717) is 10.7 Å². The van der Waals surface area contributed by atoms with Crippen LogP contribution in [0.25, 0.3) is 10.7 Å². The average Bonchev–Trinajstić information content (AvgIpc) is 2.94. The van der Waals surface area contributed by atoms with Crippen molar-refractivity contribution in [2.75, 3.05) is 0 Å². The second kappa shape index (κ2) is 6.18. The van der Waals surface area contributed by atoms with Gasteiger partial charge in [0, 0.05) is 12.0 Å². The lowest BCUT2D eigenvalue weighted by Gasteiger charge is -2.09. The Hall–Kier alpha value is -1.01. The Labute approximate surface area is 129 Å². The van der Waals surface area contributed by atoms with Gasteiger partial charge in [0.25, 0.3) is 0 Å². The smallest absolute Gasteiger partial charge is 0.195 e. The number of hydrogen-bond donors (Lipinski definition) is 1. The van der Waals surface area contributed by atoms with E-state index in [9.17, 15) is 0 Å². The maximum absolute atomic E-state index is 5.33. The minimum atomic E-state index is 0.286. The zero-order valence-electron chi connectivity index (χ0n) is 12.7. The molecule has 0 radical (unpaired) electrons. The van der Waals surface area contributed by atoms with E-state index in [1.807, 2.05) is 0 Å². The molecule has 20 heavy (non-hydrogen) atoms. The Bertz CT molecular complexity index is 632. The van der Waals surface area contributed by atoms with Crippen LogP contribution in [0.2, 0.25) is 0 Å². The quantitative estimate of drug-likeness (QED) is 0.802. The van der Waals surface area contributed by atoms with Crippen LogP contribution in [0.3, 0.4) is 0 Å². The molecule has 6 heteroatoms. The van der Waals surface area contributed by atoms with Crippen molar-refractivity contribution in [2.24, 2.45) is 0 Å². The standard InChI is InChI=1S/C14H22N4S2/c1-6-10(7-2)13-15-9(5)11(20-13)12-16-17-14(19)18(12)8(3)4/h8,10H,6-7H2,1-5H3,(H,17,19). The number of nitrogens with zero attached hydrogens (tertiary/aromatic N) is 3. The van der Waals surface area contributed by atoms with Crippen LogP contribution in [0.1, 0.15) is 63.2 Å². The first-order chi connectivity index (χ1) is 9.49. The third-order valence-corrected chi connectivity index (χ3v) is 5.18. The van der Waals surface area contributed by atoms with E-state index in [2.05, 4.69) is 49.4 Å². The van der Waals surface area contributed by atoms with Gasteiger partial charge < -0.3 is 0 Å². The fourth-order valence-corrected chi connectivity index (χ4v) is 4.04. The second-order valence-corrected chi connectivity index (χ2v) is 6.71. The van der Waals surface area contributed by atoms with Crippen LogP contribution in [-0.4, -0.2) is 19.7 Å². The summed E-state index contributed by atoms with van der Waals surface area (Å²) in [6.45, 7) is 10.7. The average molecular weight is 310 g/mol. The molecular weight excluding hydrogens is 288 g/mol. The van der Waals surface area contributed by atoms with Crippen molar-refractivity contribution in [1.82, 2.24) is 19.7 Å². The molecule has 0 aliphatic rings. The predicted octanol–water partition coefficient (Wildman–Crippen LogP) is 4.86. The van der Waals surface area contributed by atoms with Gasteiger partial charge in [0.2, 0.25) is 0 Å². The lowest BCUT2D eigenvalue weighted by Crippen LogP contribution is -2.03. The molecule has 0 saturated heterocycles. The number of nitrogens with one attached hydrogen (secondary N) is 1. The molecule has 0 aromatic carbocycles. The Balaban J connectivity index is 2.52. The molecule has 0 unspecified atom stereocenters. The lowest BCUT2D eigenvalue weighted by atomic mass is 10.1. The SMILES string of the molecule is CCC(CC)c1nc(C)c(-c2n[nH]c(=S)n2C(C)C)s1. The topological polar surface area (TPSA) is 46.5 Å². The molecule has 1 N–H and O–H groups in total.